The Kier molecular flexibility index (Phi) is 7.64. The van der Waals surface area contributed by atoms with Crippen molar-refractivity contribution in [1.82, 2.24) is 15.1 Å². The van der Waals surface area contributed by atoms with E-state index in [0.29, 0.717) is 6.54 Å². The minimum absolute atomic E-state index is 0.0643. The number of carbonyl (C=O) groups is 1. The predicted octanol–water partition coefficient (Wildman–Crippen LogP) is 2.64. The summed E-state index contributed by atoms with van der Waals surface area (Å²) in [6, 6.07) is 18.3. The van der Waals surface area contributed by atoms with Gasteiger partial charge in [0.15, 0.2) is 0 Å². The number of amides is 1. The molecule has 3 rings (SSSR count). The van der Waals surface area contributed by atoms with Crippen LogP contribution < -0.4 is 10.1 Å². The molecule has 5 heteroatoms. The number of hydrogen-bond acceptors (Lipinski definition) is 4. The highest BCUT2D eigenvalue weighted by Crippen LogP contribution is 2.13. The van der Waals surface area contributed by atoms with Crippen LogP contribution in [0.4, 0.5) is 0 Å². The highest BCUT2D eigenvalue weighted by molar-refractivity contribution is 5.91. The smallest absolute Gasteiger partial charge is 0.244 e. The molecule has 2 aromatic carbocycles. The third-order valence-corrected chi connectivity index (χ3v) is 4.96. The molecule has 1 saturated heterocycles. The number of nitrogens with zero attached hydrogens (tertiary/aromatic N) is 2. The van der Waals surface area contributed by atoms with Crippen molar-refractivity contribution < 1.29 is 9.53 Å². The van der Waals surface area contributed by atoms with Crippen molar-refractivity contribution in [2.24, 2.45) is 0 Å². The second kappa shape index (κ2) is 10.6. The molecule has 1 fully saturated rings. The van der Waals surface area contributed by atoms with Gasteiger partial charge in [0.2, 0.25) is 5.91 Å². The molecule has 0 unspecified atom stereocenters. The van der Waals surface area contributed by atoms with Crippen molar-refractivity contribution in [3.63, 3.8) is 0 Å². The van der Waals surface area contributed by atoms with Gasteiger partial charge in [-0.3, -0.25) is 14.6 Å². The van der Waals surface area contributed by atoms with Crippen LogP contribution in [0.1, 0.15) is 11.1 Å². The van der Waals surface area contributed by atoms with E-state index in [2.05, 4.69) is 45.4 Å². The van der Waals surface area contributed by atoms with Gasteiger partial charge in [-0.1, -0.05) is 42.5 Å². The molecular weight excluding hydrogens is 350 g/mol. The predicted molar refractivity (Wildman–Crippen MR) is 113 cm³/mol. The molecule has 1 amide bonds. The average molecular weight is 380 g/mol. The summed E-state index contributed by atoms with van der Waals surface area (Å²) >= 11 is 0. The summed E-state index contributed by atoms with van der Waals surface area (Å²) in [6.45, 7) is 6.79. The first-order valence-electron chi connectivity index (χ1n) is 9.81. The van der Waals surface area contributed by atoms with Crippen LogP contribution in [0.5, 0.6) is 5.75 Å². The van der Waals surface area contributed by atoms with Gasteiger partial charge in [0.25, 0.3) is 0 Å². The normalized spacial score (nSPS) is 15.6. The molecule has 0 bridgehead atoms. The number of piperazine rings is 1. The van der Waals surface area contributed by atoms with E-state index in [4.69, 9.17) is 4.74 Å². The maximum absolute atomic E-state index is 12.0. The van der Waals surface area contributed by atoms with Crippen molar-refractivity contribution in [2.45, 2.75) is 6.54 Å². The van der Waals surface area contributed by atoms with Gasteiger partial charge in [0.05, 0.1) is 7.11 Å². The number of nitrogens with one attached hydrogen (secondary N) is 1. The largest absolute Gasteiger partial charge is 0.497 e. The maximum Gasteiger partial charge on any atom is 0.244 e. The zero-order valence-electron chi connectivity index (χ0n) is 16.5. The Morgan fingerprint density at radius 3 is 2.54 bits per heavy atom. The van der Waals surface area contributed by atoms with Crippen LogP contribution in [0.2, 0.25) is 0 Å². The molecule has 2 aromatic rings. The molecule has 0 atom stereocenters. The Labute approximate surface area is 167 Å². The third kappa shape index (κ3) is 6.51. The van der Waals surface area contributed by atoms with Gasteiger partial charge >= 0.3 is 0 Å². The van der Waals surface area contributed by atoms with Gasteiger partial charge < -0.3 is 10.1 Å². The molecule has 5 nitrogen and oxygen atoms in total. The molecule has 0 radical (unpaired) electrons. The van der Waals surface area contributed by atoms with Gasteiger partial charge in [0.1, 0.15) is 5.75 Å². The molecule has 1 aliphatic rings. The van der Waals surface area contributed by atoms with E-state index >= 15 is 0 Å². The number of carbonyl (C=O) groups excluding carboxylic acids is 1. The van der Waals surface area contributed by atoms with E-state index in [1.807, 2.05) is 24.3 Å². The van der Waals surface area contributed by atoms with Crippen molar-refractivity contribution in [3.05, 3.63) is 71.8 Å². The quantitative estimate of drug-likeness (QED) is 0.716. The van der Waals surface area contributed by atoms with E-state index in [9.17, 15) is 4.79 Å². The lowest BCUT2D eigenvalue weighted by atomic mass is 10.2. The molecule has 1 N–H and O–H groups in total. The fourth-order valence-electron chi connectivity index (χ4n) is 3.33. The van der Waals surface area contributed by atoms with Gasteiger partial charge in [-0.15, -0.1) is 0 Å². The van der Waals surface area contributed by atoms with E-state index in [1.165, 1.54) is 5.56 Å². The second-order valence-corrected chi connectivity index (χ2v) is 7.00. The van der Waals surface area contributed by atoms with E-state index in [1.54, 1.807) is 19.3 Å². The van der Waals surface area contributed by atoms with Gasteiger partial charge in [0, 0.05) is 51.9 Å². The summed E-state index contributed by atoms with van der Waals surface area (Å²) in [5.41, 5.74) is 2.31. The lowest BCUT2D eigenvalue weighted by molar-refractivity contribution is -0.116. The summed E-state index contributed by atoms with van der Waals surface area (Å²) in [6.07, 6.45) is 3.38. The number of benzene rings is 2. The van der Waals surface area contributed by atoms with Gasteiger partial charge in [-0.05, 0) is 29.3 Å². The van der Waals surface area contributed by atoms with Crippen molar-refractivity contribution in [1.29, 1.82) is 0 Å². The van der Waals surface area contributed by atoms with Crippen LogP contribution in [-0.2, 0) is 11.3 Å². The summed E-state index contributed by atoms with van der Waals surface area (Å²) in [5, 5.41) is 2.97. The molecule has 1 heterocycles. The highest BCUT2D eigenvalue weighted by Gasteiger charge is 2.16. The van der Waals surface area contributed by atoms with E-state index in [0.717, 1.165) is 50.6 Å². The van der Waals surface area contributed by atoms with Crippen molar-refractivity contribution in [3.8, 4) is 5.75 Å². The SMILES string of the molecule is COc1cccc(/C=C/C(=O)NCCN2CCN(Cc3ccccc3)CC2)c1. The Bertz CT molecular complexity index is 768. The molecule has 148 valence electrons. The topological polar surface area (TPSA) is 44.8 Å². The molecule has 0 saturated carbocycles. The van der Waals surface area contributed by atoms with Gasteiger partial charge in [-0.2, -0.15) is 0 Å². The monoisotopic (exact) mass is 379 g/mol. The number of hydrogen-bond donors (Lipinski definition) is 1. The van der Waals surface area contributed by atoms with Gasteiger partial charge in [-0.25, -0.2) is 0 Å². The second-order valence-electron chi connectivity index (χ2n) is 7.00. The summed E-state index contributed by atoms with van der Waals surface area (Å²) in [7, 11) is 1.64. The zero-order chi connectivity index (χ0) is 19.6. The summed E-state index contributed by atoms with van der Waals surface area (Å²) < 4.78 is 5.19. The average Bonchev–Trinajstić information content (AvgIpc) is 2.74. The Morgan fingerprint density at radius 1 is 1.04 bits per heavy atom. The van der Waals surface area contributed by atoms with Crippen LogP contribution in [0.15, 0.2) is 60.7 Å². The van der Waals surface area contributed by atoms with Crippen molar-refractivity contribution in [2.75, 3.05) is 46.4 Å². The summed E-state index contributed by atoms with van der Waals surface area (Å²) in [5.74, 6) is 0.722. The number of ether oxygens (including phenoxy) is 1. The van der Waals surface area contributed by atoms with Crippen LogP contribution in [0.3, 0.4) is 0 Å². The first kappa shape index (κ1) is 20.1. The van der Waals surface area contributed by atoms with Crippen LogP contribution in [0, 0.1) is 0 Å². The minimum Gasteiger partial charge on any atom is -0.497 e. The van der Waals surface area contributed by atoms with Crippen LogP contribution in [0.25, 0.3) is 6.08 Å². The fraction of sp³-hybridized carbons (Fsp3) is 0.348. The standard InChI is InChI=1S/C23H29N3O2/c1-28-22-9-5-8-20(18-22)10-11-23(27)24-12-13-25-14-16-26(17-15-25)19-21-6-3-2-4-7-21/h2-11,18H,12-17,19H2,1H3,(H,24,27)/b11-10+. The molecule has 28 heavy (non-hydrogen) atoms. The third-order valence-electron chi connectivity index (χ3n) is 4.96. The first-order chi connectivity index (χ1) is 13.7. The highest BCUT2D eigenvalue weighted by atomic mass is 16.5. The number of methoxy groups -OCH3 is 1. The Balaban J connectivity index is 1.33. The van der Waals surface area contributed by atoms with Crippen molar-refractivity contribution >= 4 is 12.0 Å². The molecule has 1 aliphatic heterocycles. The summed E-state index contributed by atoms with van der Waals surface area (Å²) in [4.78, 5) is 16.9. The van der Waals surface area contributed by atoms with E-state index < -0.39 is 0 Å². The Hall–Kier alpha value is -2.63. The molecular formula is C23H29N3O2. The minimum atomic E-state index is -0.0643. The zero-order valence-corrected chi connectivity index (χ0v) is 16.5. The molecule has 0 aromatic heterocycles. The maximum atomic E-state index is 12.0. The number of rotatable bonds is 8. The van der Waals surface area contributed by atoms with E-state index in [-0.39, 0.29) is 5.91 Å². The fourth-order valence-corrected chi connectivity index (χ4v) is 3.33. The lowest BCUT2D eigenvalue weighted by Crippen LogP contribution is -2.47. The first-order valence-corrected chi connectivity index (χ1v) is 9.81. The lowest BCUT2D eigenvalue weighted by Gasteiger charge is -2.34. The molecule has 0 spiro atoms. The molecule has 0 aliphatic carbocycles. The van der Waals surface area contributed by atoms with Crippen LogP contribution in [-0.4, -0.2) is 62.1 Å². The van der Waals surface area contributed by atoms with Crippen LogP contribution >= 0.6 is 0 Å². The Morgan fingerprint density at radius 2 is 1.79 bits per heavy atom.